The number of hydrogen-bond acceptors (Lipinski definition) is 4. The number of anilines is 1. The van der Waals surface area contributed by atoms with Crippen LogP contribution in [0.5, 0.6) is 0 Å². The number of hydrogen-bond donors (Lipinski definition) is 2. The lowest BCUT2D eigenvalue weighted by atomic mass is 10.1. The maximum Gasteiger partial charge on any atom is 0.335 e. The minimum absolute atomic E-state index is 0.326. The van der Waals surface area contributed by atoms with Crippen molar-refractivity contribution in [1.82, 2.24) is 10.3 Å². The monoisotopic (exact) mass is 339 g/mol. The zero-order chi connectivity index (χ0) is 17.5. The lowest BCUT2D eigenvalue weighted by Gasteiger charge is -2.21. The molecule has 1 saturated heterocycles. The van der Waals surface area contributed by atoms with E-state index in [2.05, 4.69) is 21.3 Å². The van der Waals surface area contributed by atoms with Gasteiger partial charge in [0.2, 0.25) is 0 Å². The molecule has 2 N–H and O–H groups in total. The van der Waals surface area contributed by atoms with Crippen molar-refractivity contribution in [2.45, 2.75) is 38.8 Å². The molecule has 0 atom stereocenters. The molecule has 0 bridgehead atoms. The fourth-order valence-corrected chi connectivity index (χ4v) is 3.21. The van der Waals surface area contributed by atoms with Crippen LogP contribution >= 0.6 is 0 Å². The largest absolute Gasteiger partial charge is 0.478 e. The number of aromatic carboxylic acids is 1. The van der Waals surface area contributed by atoms with E-state index >= 15 is 0 Å². The molecule has 5 heteroatoms. The van der Waals surface area contributed by atoms with Gasteiger partial charge in [-0.25, -0.2) is 9.78 Å². The van der Waals surface area contributed by atoms with E-state index in [9.17, 15) is 4.79 Å². The average Bonchev–Trinajstić information content (AvgIpc) is 2.92. The van der Waals surface area contributed by atoms with Crippen LogP contribution in [0.1, 0.15) is 47.2 Å². The predicted octanol–water partition coefficient (Wildman–Crippen LogP) is 3.45. The summed E-state index contributed by atoms with van der Waals surface area (Å²) in [4.78, 5) is 17.9. The van der Waals surface area contributed by atoms with Crippen LogP contribution in [-0.4, -0.2) is 29.1 Å². The van der Waals surface area contributed by atoms with Gasteiger partial charge in [0.25, 0.3) is 0 Å². The van der Waals surface area contributed by atoms with Crippen molar-refractivity contribution >= 4 is 11.8 Å². The van der Waals surface area contributed by atoms with E-state index in [4.69, 9.17) is 5.11 Å². The molecule has 132 valence electrons. The van der Waals surface area contributed by atoms with Crippen molar-refractivity contribution in [2.75, 3.05) is 18.0 Å². The molecule has 0 saturated carbocycles. The number of rotatable bonds is 6. The second kappa shape index (κ2) is 8.62. The molecule has 0 aliphatic carbocycles. The number of benzene rings is 1. The first-order valence-corrected chi connectivity index (χ1v) is 8.95. The number of pyridine rings is 1. The molecular weight excluding hydrogens is 314 g/mol. The quantitative estimate of drug-likeness (QED) is 0.844. The van der Waals surface area contributed by atoms with Crippen LogP contribution in [0.4, 0.5) is 5.82 Å². The van der Waals surface area contributed by atoms with Crippen LogP contribution in [0.15, 0.2) is 42.6 Å². The first kappa shape index (κ1) is 17.4. The number of carbonyl (C=O) groups is 1. The van der Waals surface area contributed by atoms with Crippen LogP contribution in [0, 0.1) is 0 Å². The van der Waals surface area contributed by atoms with Gasteiger partial charge in [0, 0.05) is 32.4 Å². The van der Waals surface area contributed by atoms with E-state index < -0.39 is 5.97 Å². The summed E-state index contributed by atoms with van der Waals surface area (Å²) in [6.45, 7) is 3.56. The Morgan fingerprint density at radius 1 is 1.04 bits per heavy atom. The third kappa shape index (κ3) is 5.03. The Morgan fingerprint density at radius 3 is 2.48 bits per heavy atom. The summed E-state index contributed by atoms with van der Waals surface area (Å²) in [5.74, 6) is 0.173. The Labute approximate surface area is 148 Å². The van der Waals surface area contributed by atoms with Crippen molar-refractivity contribution in [3.05, 3.63) is 59.3 Å². The van der Waals surface area contributed by atoms with Gasteiger partial charge in [0.1, 0.15) is 5.82 Å². The highest BCUT2D eigenvalue weighted by atomic mass is 16.4. The van der Waals surface area contributed by atoms with Crippen LogP contribution in [0.25, 0.3) is 0 Å². The summed E-state index contributed by atoms with van der Waals surface area (Å²) in [6, 6.07) is 11.2. The highest BCUT2D eigenvalue weighted by molar-refractivity contribution is 5.87. The first-order chi connectivity index (χ1) is 12.2. The summed E-state index contributed by atoms with van der Waals surface area (Å²) >= 11 is 0. The zero-order valence-corrected chi connectivity index (χ0v) is 14.4. The molecule has 0 spiro atoms. The molecule has 2 heterocycles. The van der Waals surface area contributed by atoms with E-state index in [-0.39, 0.29) is 0 Å². The summed E-state index contributed by atoms with van der Waals surface area (Å²) in [5.41, 5.74) is 2.50. The number of carboxylic acid groups (broad SMARTS) is 1. The van der Waals surface area contributed by atoms with E-state index in [1.807, 2.05) is 18.3 Å². The lowest BCUT2D eigenvalue weighted by molar-refractivity contribution is 0.0696. The van der Waals surface area contributed by atoms with Crippen LogP contribution in [0.2, 0.25) is 0 Å². The van der Waals surface area contributed by atoms with E-state index in [0.29, 0.717) is 12.1 Å². The van der Waals surface area contributed by atoms with E-state index in [1.165, 1.54) is 31.2 Å². The molecule has 25 heavy (non-hydrogen) atoms. The Hall–Kier alpha value is -2.40. The summed E-state index contributed by atoms with van der Waals surface area (Å²) in [7, 11) is 0. The van der Waals surface area contributed by atoms with Gasteiger partial charge in [-0.3, -0.25) is 0 Å². The standard InChI is InChI=1S/C20H25N3O2/c24-20(25)18-7-5-6-16(12-18)14-21-15-17-8-9-22-19(13-17)23-10-3-1-2-4-11-23/h5-9,12-13,21H,1-4,10-11,14-15H2,(H,24,25). The number of carboxylic acids is 1. The van der Waals surface area contributed by atoms with Crippen molar-refractivity contribution < 1.29 is 9.90 Å². The summed E-state index contributed by atoms with van der Waals surface area (Å²) in [5, 5.41) is 12.4. The first-order valence-electron chi connectivity index (χ1n) is 8.95. The van der Waals surface area contributed by atoms with Gasteiger partial charge in [0.15, 0.2) is 0 Å². The van der Waals surface area contributed by atoms with Crippen molar-refractivity contribution in [1.29, 1.82) is 0 Å². The third-order valence-electron chi connectivity index (χ3n) is 4.57. The average molecular weight is 339 g/mol. The van der Waals surface area contributed by atoms with Gasteiger partial charge in [-0.2, -0.15) is 0 Å². The topological polar surface area (TPSA) is 65.5 Å². The Morgan fingerprint density at radius 2 is 1.76 bits per heavy atom. The number of nitrogens with zero attached hydrogens (tertiary/aromatic N) is 2. The highest BCUT2D eigenvalue weighted by Crippen LogP contribution is 2.18. The fourth-order valence-electron chi connectivity index (χ4n) is 3.21. The molecule has 1 aliphatic heterocycles. The maximum absolute atomic E-state index is 11.0. The van der Waals surface area contributed by atoms with Crippen LogP contribution in [0.3, 0.4) is 0 Å². The van der Waals surface area contributed by atoms with Gasteiger partial charge < -0.3 is 15.3 Å². The highest BCUT2D eigenvalue weighted by Gasteiger charge is 2.11. The minimum atomic E-state index is -0.891. The maximum atomic E-state index is 11.0. The molecular formula is C20H25N3O2. The molecule has 0 amide bonds. The fraction of sp³-hybridized carbons (Fsp3) is 0.400. The third-order valence-corrected chi connectivity index (χ3v) is 4.57. The van der Waals surface area contributed by atoms with E-state index in [1.54, 1.807) is 18.2 Å². The molecule has 5 nitrogen and oxygen atoms in total. The summed E-state index contributed by atoms with van der Waals surface area (Å²) in [6.07, 6.45) is 6.98. The summed E-state index contributed by atoms with van der Waals surface area (Å²) < 4.78 is 0. The number of nitrogens with one attached hydrogen (secondary N) is 1. The second-order valence-electron chi connectivity index (χ2n) is 6.53. The predicted molar refractivity (Wildman–Crippen MR) is 98.9 cm³/mol. The molecule has 1 aromatic heterocycles. The zero-order valence-electron chi connectivity index (χ0n) is 14.4. The Balaban J connectivity index is 1.57. The minimum Gasteiger partial charge on any atom is -0.478 e. The second-order valence-corrected chi connectivity index (χ2v) is 6.53. The van der Waals surface area contributed by atoms with Crippen molar-refractivity contribution in [3.8, 4) is 0 Å². The van der Waals surface area contributed by atoms with Gasteiger partial charge in [-0.15, -0.1) is 0 Å². The SMILES string of the molecule is O=C(O)c1cccc(CNCc2ccnc(N3CCCCCC3)c2)c1. The van der Waals surface area contributed by atoms with Gasteiger partial charge >= 0.3 is 5.97 Å². The molecule has 1 fully saturated rings. The van der Waals surface area contributed by atoms with Crippen LogP contribution < -0.4 is 10.2 Å². The van der Waals surface area contributed by atoms with Gasteiger partial charge in [-0.05, 0) is 48.2 Å². The molecule has 0 unspecified atom stereocenters. The van der Waals surface area contributed by atoms with Gasteiger partial charge in [0.05, 0.1) is 5.56 Å². The molecule has 1 aliphatic rings. The lowest BCUT2D eigenvalue weighted by Crippen LogP contribution is -2.25. The van der Waals surface area contributed by atoms with Crippen molar-refractivity contribution in [3.63, 3.8) is 0 Å². The normalized spacial score (nSPS) is 15.0. The Kier molecular flexibility index (Phi) is 6.01. The Bertz CT molecular complexity index is 710. The van der Waals surface area contributed by atoms with Crippen LogP contribution in [-0.2, 0) is 13.1 Å². The van der Waals surface area contributed by atoms with Crippen molar-refractivity contribution in [2.24, 2.45) is 0 Å². The molecule has 3 rings (SSSR count). The molecule has 1 aromatic carbocycles. The number of aromatic nitrogens is 1. The molecule has 2 aromatic rings. The smallest absolute Gasteiger partial charge is 0.335 e. The molecule has 0 radical (unpaired) electrons. The van der Waals surface area contributed by atoms with E-state index in [0.717, 1.165) is 31.0 Å². The van der Waals surface area contributed by atoms with Gasteiger partial charge in [-0.1, -0.05) is 25.0 Å².